The van der Waals surface area contributed by atoms with Crippen LogP contribution in [0.5, 0.6) is 0 Å². The largest absolute Gasteiger partial charge is 0.296 e. The Balaban J connectivity index is 2.14. The summed E-state index contributed by atoms with van der Waals surface area (Å²) in [5.41, 5.74) is 1.55. The van der Waals surface area contributed by atoms with Gasteiger partial charge in [-0.25, -0.2) is 4.39 Å². The monoisotopic (exact) mass is 288 g/mol. The quantitative estimate of drug-likeness (QED) is 0.689. The van der Waals surface area contributed by atoms with E-state index < -0.39 is 0 Å². The van der Waals surface area contributed by atoms with Crippen molar-refractivity contribution in [1.29, 1.82) is 0 Å². The molecule has 0 saturated carbocycles. The number of halogens is 2. The van der Waals surface area contributed by atoms with Crippen LogP contribution in [0.4, 0.5) is 4.39 Å². The summed E-state index contributed by atoms with van der Waals surface area (Å²) in [7, 11) is 0. The molecule has 0 bridgehead atoms. The molecule has 0 unspecified atom stereocenters. The molecule has 0 N–H and O–H groups in total. The predicted octanol–water partition coefficient (Wildman–Crippen LogP) is 3.69. The van der Waals surface area contributed by atoms with Crippen molar-refractivity contribution in [2.45, 2.75) is 6.54 Å². The van der Waals surface area contributed by atoms with Gasteiger partial charge in [0.1, 0.15) is 11.5 Å². The van der Waals surface area contributed by atoms with E-state index in [1.165, 1.54) is 6.07 Å². The van der Waals surface area contributed by atoms with E-state index in [0.29, 0.717) is 33.5 Å². The lowest BCUT2D eigenvalue weighted by Crippen LogP contribution is -2.04. The van der Waals surface area contributed by atoms with Gasteiger partial charge in [0, 0.05) is 16.0 Å². The highest BCUT2D eigenvalue weighted by molar-refractivity contribution is 6.31. The number of benzene rings is 2. The highest BCUT2D eigenvalue weighted by atomic mass is 35.5. The van der Waals surface area contributed by atoms with Crippen molar-refractivity contribution in [3.05, 3.63) is 64.6 Å². The number of carbonyl (C=O) groups is 1. The van der Waals surface area contributed by atoms with Crippen molar-refractivity contribution < 1.29 is 9.18 Å². The molecule has 0 spiro atoms. The number of rotatable bonds is 3. The maximum absolute atomic E-state index is 13.7. The summed E-state index contributed by atoms with van der Waals surface area (Å²) >= 11 is 5.97. The molecule has 100 valence electrons. The van der Waals surface area contributed by atoms with Gasteiger partial charge in [0.05, 0.1) is 12.1 Å². The number of fused-ring (bicyclic) bond motifs is 1. The molecule has 5 heteroatoms. The summed E-state index contributed by atoms with van der Waals surface area (Å²) in [6, 6.07) is 11.6. The second-order valence-corrected chi connectivity index (χ2v) is 4.85. The first-order valence-electron chi connectivity index (χ1n) is 6.03. The molecule has 2 aromatic carbocycles. The summed E-state index contributed by atoms with van der Waals surface area (Å²) in [6.45, 7) is 0.247. The van der Waals surface area contributed by atoms with Gasteiger partial charge in [0.2, 0.25) is 0 Å². The number of aldehydes is 1. The van der Waals surface area contributed by atoms with Gasteiger partial charge in [-0.15, -0.1) is 0 Å². The third kappa shape index (κ3) is 2.18. The minimum Gasteiger partial charge on any atom is -0.296 e. The molecule has 0 aliphatic carbocycles. The minimum absolute atomic E-state index is 0.247. The molecule has 1 aromatic heterocycles. The van der Waals surface area contributed by atoms with E-state index in [1.807, 2.05) is 0 Å². The Morgan fingerprint density at radius 2 is 2.05 bits per heavy atom. The fourth-order valence-corrected chi connectivity index (χ4v) is 2.33. The van der Waals surface area contributed by atoms with Crippen molar-refractivity contribution >= 4 is 28.8 Å². The zero-order valence-electron chi connectivity index (χ0n) is 10.4. The fourth-order valence-electron chi connectivity index (χ4n) is 2.17. The third-order valence-electron chi connectivity index (χ3n) is 3.13. The van der Waals surface area contributed by atoms with E-state index >= 15 is 0 Å². The normalized spacial score (nSPS) is 10.9. The Labute approximate surface area is 119 Å². The molecule has 0 amide bonds. The molecule has 3 rings (SSSR count). The van der Waals surface area contributed by atoms with Crippen LogP contribution in [0.2, 0.25) is 5.02 Å². The number of hydrogen-bond donors (Lipinski definition) is 0. The van der Waals surface area contributed by atoms with Gasteiger partial charge in [-0.3, -0.25) is 9.48 Å². The van der Waals surface area contributed by atoms with Crippen LogP contribution in [0.3, 0.4) is 0 Å². The highest BCUT2D eigenvalue weighted by Gasteiger charge is 2.12. The van der Waals surface area contributed by atoms with E-state index in [2.05, 4.69) is 5.10 Å². The van der Waals surface area contributed by atoms with Gasteiger partial charge in [0.25, 0.3) is 0 Å². The number of carbonyl (C=O) groups excluding carboxylic acids is 1. The van der Waals surface area contributed by atoms with E-state index in [4.69, 9.17) is 11.6 Å². The van der Waals surface area contributed by atoms with Gasteiger partial charge in [-0.05, 0) is 24.3 Å². The summed E-state index contributed by atoms with van der Waals surface area (Å²) in [5.74, 6) is -0.300. The maximum Gasteiger partial charge on any atom is 0.170 e. The van der Waals surface area contributed by atoms with Gasteiger partial charge in [-0.1, -0.05) is 29.8 Å². The Morgan fingerprint density at radius 3 is 2.80 bits per heavy atom. The molecule has 0 aliphatic heterocycles. The standard InChI is InChI=1S/C15H10ClFN2O/c16-11-5-6-12-14(9-20)18-19(15(12)7-11)8-10-3-1-2-4-13(10)17/h1-7,9H,8H2. The molecule has 3 nitrogen and oxygen atoms in total. The maximum atomic E-state index is 13.7. The third-order valence-corrected chi connectivity index (χ3v) is 3.37. The summed E-state index contributed by atoms with van der Waals surface area (Å²) < 4.78 is 15.3. The van der Waals surface area contributed by atoms with Crippen LogP contribution >= 0.6 is 11.6 Å². The lowest BCUT2D eigenvalue weighted by molar-refractivity contribution is 0.111. The Kier molecular flexibility index (Phi) is 3.24. The molecule has 20 heavy (non-hydrogen) atoms. The summed E-state index contributed by atoms with van der Waals surface area (Å²) in [4.78, 5) is 11.1. The molecule has 1 heterocycles. The van der Waals surface area contributed by atoms with E-state index in [0.717, 1.165) is 0 Å². The molecule has 0 atom stereocenters. The molecule has 0 saturated heterocycles. The molecular formula is C15H10ClFN2O. The van der Waals surface area contributed by atoms with Crippen LogP contribution in [0.15, 0.2) is 42.5 Å². The lowest BCUT2D eigenvalue weighted by atomic mass is 10.2. The van der Waals surface area contributed by atoms with Crippen LogP contribution in [0, 0.1) is 5.82 Å². The average molecular weight is 289 g/mol. The zero-order chi connectivity index (χ0) is 14.1. The average Bonchev–Trinajstić information content (AvgIpc) is 2.79. The molecule has 0 aliphatic rings. The minimum atomic E-state index is -0.300. The van der Waals surface area contributed by atoms with Crippen molar-refractivity contribution in [1.82, 2.24) is 9.78 Å². The molecule has 3 aromatic rings. The first-order valence-corrected chi connectivity index (χ1v) is 6.41. The Bertz CT molecular complexity index is 798. The molecule has 0 radical (unpaired) electrons. The first-order chi connectivity index (χ1) is 9.69. The Morgan fingerprint density at radius 1 is 1.25 bits per heavy atom. The summed E-state index contributed by atoms with van der Waals surface area (Å²) in [6.07, 6.45) is 0.689. The lowest BCUT2D eigenvalue weighted by Gasteiger charge is -2.05. The van der Waals surface area contributed by atoms with Crippen LogP contribution in [-0.4, -0.2) is 16.1 Å². The summed E-state index contributed by atoms with van der Waals surface area (Å²) in [5, 5.41) is 5.46. The fraction of sp³-hybridized carbons (Fsp3) is 0.0667. The zero-order valence-corrected chi connectivity index (χ0v) is 11.1. The SMILES string of the molecule is O=Cc1nn(Cc2ccccc2F)c2cc(Cl)ccc12. The van der Waals surface area contributed by atoms with Gasteiger partial charge in [-0.2, -0.15) is 5.10 Å². The van der Waals surface area contributed by atoms with Crippen LogP contribution in [0.25, 0.3) is 10.9 Å². The second-order valence-electron chi connectivity index (χ2n) is 4.41. The predicted molar refractivity (Wildman–Crippen MR) is 75.6 cm³/mol. The van der Waals surface area contributed by atoms with E-state index in [9.17, 15) is 9.18 Å². The van der Waals surface area contributed by atoms with E-state index in [1.54, 1.807) is 41.1 Å². The van der Waals surface area contributed by atoms with Gasteiger partial charge < -0.3 is 0 Å². The number of nitrogens with zero attached hydrogens (tertiary/aromatic N) is 2. The van der Waals surface area contributed by atoms with Crippen LogP contribution in [-0.2, 0) is 6.54 Å². The van der Waals surface area contributed by atoms with E-state index in [-0.39, 0.29) is 12.4 Å². The number of aromatic nitrogens is 2. The van der Waals surface area contributed by atoms with Crippen molar-refractivity contribution in [3.8, 4) is 0 Å². The second kappa shape index (κ2) is 5.06. The topological polar surface area (TPSA) is 34.9 Å². The van der Waals surface area contributed by atoms with Crippen molar-refractivity contribution in [2.24, 2.45) is 0 Å². The van der Waals surface area contributed by atoms with Crippen LogP contribution < -0.4 is 0 Å². The van der Waals surface area contributed by atoms with Gasteiger partial charge in [0.15, 0.2) is 6.29 Å². The van der Waals surface area contributed by atoms with Crippen LogP contribution in [0.1, 0.15) is 16.1 Å². The highest BCUT2D eigenvalue weighted by Crippen LogP contribution is 2.23. The Hall–Kier alpha value is -2.20. The molecule has 0 fully saturated rings. The number of hydrogen-bond acceptors (Lipinski definition) is 2. The smallest absolute Gasteiger partial charge is 0.170 e. The van der Waals surface area contributed by atoms with Crippen molar-refractivity contribution in [2.75, 3.05) is 0 Å². The first kappa shape index (κ1) is 12.8. The molecular weight excluding hydrogens is 279 g/mol. The van der Waals surface area contributed by atoms with Gasteiger partial charge >= 0.3 is 0 Å². The van der Waals surface area contributed by atoms with Crippen molar-refractivity contribution in [3.63, 3.8) is 0 Å².